The monoisotopic (exact) mass is 327 g/mol. The minimum Gasteiger partial charge on any atom is -0.326 e. The van der Waals surface area contributed by atoms with E-state index in [1.807, 2.05) is 12.1 Å². The van der Waals surface area contributed by atoms with E-state index in [1.54, 1.807) is 6.07 Å². The molecule has 2 N–H and O–H groups in total. The first-order chi connectivity index (χ1) is 8.91. The third-order valence-electron chi connectivity index (χ3n) is 3.65. The molecule has 19 heavy (non-hydrogen) atoms. The number of nitro groups is 1. The molecule has 1 aromatic rings. The van der Waals surface area contributed by atoms with Crippen molar-refractivity contribution in [2.45, 2.75) is 38.4 Å². The molecular weight excluding hydrogens is 310 g/mol. The number of hydrogen-bond acceptors (Lipinski definition) is 4. The second-order valence-electron chi connectivity index (χ2n) is 5.19. The number of hydrogen-bond donors (Lipinski definition) is 1. The summed E-state index contributed by atoms with van der Waals surface area (Å²) in [5.41, 5.74) is 7.03. The second kappa shape index (κ2) is 5.56. The van der Waals surface area contributed by atoms with Crippen LogP contribution in [0.3, 0.4) is 0 Å². The van der Waals surface area contributed by atoms with Crippen LogP contribution in [-0.4, -0.2) is 28.5 Å². The highest BCUT2D eigenvalue weighted by Crippen LogP contribution is 2.38. The van der Waals surface area contributed by atoms with Crippen molar-refractivity contribution in [3.05, 3.63) is 38.3 Å². The molecule has 0 aromatic heterocycles. The van der Waals surface area contributed by atoms with E-state index in [0.717, 1.165) is 13.0 Å². The number of nitrogens with zero attached hydrogens (tertiary/aromatic N) is 2. The molecule has 0 amide bonds. The average molecular weight is 328 g/mol. The Morgan fingerprint density at radius 2 is 2.21 bits per heavy atom. The van der Waals surface area contributed by atoms with Crippen molar-refractivity contribution in [1.29, 1.82) is 0 Å². The third kappa shape index (κ3) is 2.80. The lowest BCUT2D eigenvalue weighted by Gasteiger charge is -2.30. The van der Waals surface area contributed by atoms with Gasteiger partial charge < -0.3 is 5.73 Å². The Bertz CT molecular complexity index is 493. The molecule has 0 aliphatic carbocycles. The quantitative estimate of drug-likeness (QED) is 0.684. The Balaban J connectivity index is 2.47. The van der Waals surface area contributed by atoms with Gasteiger partial charge in [-0.15, -0.1) is 0 Å². The fourth-order valence-corrected chi connectivity index (χ4v) is 3.10. The maximum Gasteiger partial charge on any atom is 0.275 e. The SMILES string of the molecule is CC(C)N1CCC(N)C1c1ccc(Br)cc1[N+](=O)[O-]. The number of nitrogens with two attached hydrogens (primary N) is 1. The molecule has 5 nitrogen and oxygen atoms in total. The molecular formula is C13H18BrN3O2. The van der Waals surface area contributed by atoms with Crippen LogP contribution >= 0.6 is 15.9 Å². The van der Waals surface area contributed by atoms with Gasteiger partial charge in [0.15, 0.2) is 0 Å². The first-order valence-electron chi connectivity index (χ1n) is 6.37. The Hall–Kier alpha value is -0.980. The van der Waals surface area contributed by atoms with Crippen LogP contribution < -0.4 is 5.73 Å². The van der Waals surface area contributed by atoms with Crippen molar-refractivity contribution < 1.29 is 4.92 Å². The smallest absolute Gasteiger partial charge is 0.275 e. The summed E-state index contributed by atoms with van der Waals surface area (Å²) < 4.78 is 0.714. The minimum absolute atomic E-state index is 0.0534. The van der Waals surface area contributed by atoms with Crippen LogP contribution in [0.2, 0.25) is 0 Å². The molecule has 0 bridgehead atoms. The number of halogens is 1. The van der Waals surface area contributed by atoms with Gasteiger partial charge >= 0.3 is 0 Å². The van der Waals surface area contributed by atoms with E-state index in [9.17, 15) is 10.1 Å². The van der Waals surface area contributed by atoms with Crippen LogP contribution in [0.5, 0.6) is 0 Å². The average Bonchev–Trinajstić information content (AvgIpc) is 2.71. The molecule has 104 valence electrons. The van der Waals surface area contributed by atoms with Crippen molar-refractivity contribution in [1.82, 2.24) is 4.90 Å². The number of nitro benzene ring substituents is 1. The van der Waals surface area contributed by atoms with E-state index in [4.69, 9.17) is 5.73 Å². The molecule has 1 aliphatic rings. The largest absolute Gasteiger partial charge is 0.326 e. The van der Waals surface area contributed by atoms with Crippen LogP contribution in [0.4, 0.5) is 5.69 Å². The Morgan fingerprint density at radius 3 is 2.79 bits per heavy atom. The molecule has 6 heteroatoms. The Labute approximate surface area is 121 Å². The van der Waals surface area contributed by atoms with Gasteiger partial charge in [0, 0.05) is 34.7 Å². The first-order valence-corrected chi connectivity index (χ1v) is 7.16. The van der Waals surface area contributed by atoms with Crippen LogP contribution in [0.25, 0.3) is 0 Å². The van der Waals surface area contributed by atoms with E-state index < -0.39 is 0 Å². The normalized spacial score (nSPS) is 24.1. The van der Waals surface area contributed by atoms with Gasteiger partial charge in [0.05, 0.1) is 11.0 Å². The standard InChI is InChI=1S/C13H18BrN3O2/c1-8(2)16-6-5-11(15)13(16)10-4-3-9(14)7-12(10)17(18)19/h3-4,7-8,11,13H,5-6,15H2,1-2H3. The van der Waals surface area contributed by atoms with Crippen LogP contribution in [0.1, 0.15) is 31.9 Å². The van der Waals surface area contributed by atoms with E-state index in [1.165, 1.54) is 0 Å². The van der Waals surface area contributed by atoms with Gasteiger partial charge in [0.1, 0.15) is 0 Å². The molecule has 0 spiro atoms. The molecule has 2 atom stereocenters. The van der Waals surface area contributed by atoms with Crippen molar-refractivity contribution in [2.24, 2.45) is 5.73 Å². The summed E-state index contributed by atoms with van der Waals surface area (Å²) in [4.78, 5) is 13.1. The van der Waals surface area contributed by atoms with Crippen molar-refractivity contribution >= 4 is 21.6 Å². The number of rotatable bonds is 3. The zero-order valence-corrected chi connectivity index (χ0v) is 12.6. The zero-order chi connectivity index (χ0) is 14.2. The lowest BCUT2D eigenvalue weighted by molar-refractivity contribution is -0.386. The summed E-state index contributed by atoms with van der Waals surface area (Å²) >= 11 is 3.28. The summed E-state index contributed by atoms with van der Waals surface area (Å²) in [7, 11) is 0. The molecule has 1 heterocycles. The summed E-state index contributed by atoms with van der Waals surface area (Å²) in [6.07, 6.45) is 0.871. The highest BCUT2D eigenvalue weighted by molar-refractivity contribution is 9.10. The fourth-order valence-electron chi connectivity index (χ4n) is 2.75. The van der Waals surface area contributed by atoms with Crippen LogP contribution in [-0.2, 0) is 0 Å². The van der Waals surface area contributed by atoms with Crippen molar-refractivity contribution in [3.63, 3.8) is 0 Å². The molecule has 0 radical (unpaired) electrons. The summed E-state index contributed by atoms with van der Waals surface area (Å²) in [5.74, 6) is 0. The highest BCUT2D eigenvalue weighted by Gasteiger charge is 2.37. The Kier molecular flexibility index (Phi) is 4.23. The predicted octanol–water partition coefficient (Wildman–Crippen LogP) is 2.84. The number of likely N-dealkylation sites (tertiary alicyclic amines) is 1. The van der Waals surface area contributed by atoms with E-state index in [-0.39, 0.29) is 22.7 Å². The molecule has 2 rings (SSSR count). The molecule has 2 unspecified atom stereocenters. The van der Waals surface area contributed by atoms with Crippen LogP contribution in [0, 0.1) is 10.1 Å². The van der Waals surface area contributed by atoms with E-state index in [2.05, 4.69) is 34.7 Å². The molecule has 0 saturated carbocycles. The maximum atomic E-state index is 11.2. The summed E-state index contributed by atoms with van der Waals surface area (Å²) in [6.45, 7) is 5.07. The highest BCUT2D eigenvalue weighted by atomic mass is 79.9. The summed E-state index contributed by atoms with van der Waals surface area (Å²) in [5, 5.41) is 11.2. The van der Waals surface area contributed by atoms with Gasteiger partial charge in [-0.1, -0.05) is 15.9 Å². The first kappa shape index (κ1) is 14.4. The lowest BCUT2D eigenvalue weighted by Crippen LogP contribution is -2.36. The molecule has 1 saturated heterocycles. The van der Waals surface area contributed by atoms with Gasteiger partial charge in [-0.3, -0.25) is 15.0 Å². The molecule has 1 fully saturated rings. The fraction of sp³-hybridized carbons (Fsp3) is 0.538. The lowest BCUT2D eigenvalue weighted by atomic mass is 9.98. The molecule has 1 aromatic carbocycles. The van der Waals surface area contributed by atoms with Crippen LogP contribution in [0.15, 0.2) is 22.7 Å². The Morgan fingerprint density at radius 1 is 1.53 bits per heavy atom. The predicted molar refractivity (Wildman–Crippen MR) is 78.0 cm³/mol. The molecule has 1 aliphatic heterocycles. The van der Waals surface area contributed by atoms with E-state index >= 15 is 0 Å². The minimum atomic E-state index is -0.330. The second-order valence-corrected chi connectivity index (χ2v) is 6.10. The third-order valence-corrected chi connectivity index (χ3v) is 4.15. The maximum absolute atomic E-state index is 11.2. The van der Waals surface area contributed by atoms with Gasteiger partial charge in [0.25, 0.3) is 5.69 Å². The van der Waals surface area contributed by atoms with Crippen molar-refractivity contribution in [3.8, 4) is 0 Å². The topological polar surface area (TPSA) is 72.4 Å². The van der Waals surface area contributed by atoms with Crippen molar-refractivity contribution in [2.75, 3.05) is 6.54 Å². The van der Waals surface area contributed by atoms with Gasteiger partial charge in [-0.2, -0.15) is 0 Å². The van der Waals surface area contributed by atoms with Gasteiger partial charge in [-0.05, 0) is 32.4 Å². The van der Waals surface area contributed by atoms with E-state index in [0.29, 0.717) is 16.1 Å². The number of benzene rings is 1. The van der Waals surface area contributed by atoms with Gasteiger partial charge in [0.2, 0.25) is 0 Å². The zero-order valence-electron chi connectivity index (χ0n) is 11.0. The summed E-state index contributed by atoms with van der Waals surface area (Å²) in [6, 6.07) is 5.40. The van der Waals surface area contributed by atoms with Gasteiger partial charge in [-0.25, -0.2) is 0 Å².